The minimum atomic E-state index is -0.449. The van der Waals surface area contributed by atoms with Crippen molar-refractivity contribution < 1.29 is 19.1 Å². The molecule has 6 nitrogen and oxygen atoms in total. The van der Waals surface area contributed by atoms with E-state index in [4.69, 9.17) is 9.47 Å². The normalized spacial score (nSPS) is 11.1. The lowest BCUT2D eigenvalue weighted by molar-refractivity contribution is -0.113. The Morgan fingerprint density at radius 3 is 2.24 bits per heavy atom. The maximum absolute atomic E-state index is 13.4. The zero-order valence-electron chi connectivity index (χ0n) is 18.9. The molecule has 4 aromatic carbocycles. The first-order chi connectivity index (χ1) is 16.6. The minimum absolute atomic E-state index is 0.0917. The maximum atomic E-state index is 13.4. The first-order valence-electron chi connectivity index (χ1n) is 10.7. The lowest BCUT2D eigenvalue weighted by atomic mass is 10.1. The number of ether oxygens (including phenoxy) is 2. The van der Waals surface area contributed by atoms with Crippen LogP contribution in [0, 0.1) is 0 Å². The third-order valence-electron chi connectivity index (χ3n) is 5.29. The molecule has 2 N–H and O–H groups in total. The molecule has 0 aliphatic carbocycles. The number of amides is 2. The van der Waals surface area contributed by atoms with Gasteiger partial charge in [-0.2, -0.15) is 0 Å². The van der Waals surface area contributed by atoms with E-state index >= 15 is 0 Å². The number of methoxy groups -OCH3 is 2. The molecular formula is C28H24N2O4. The van der Waals surface area contributed by atoms with Gasteiger partial charge in [0.1, 0.15) is 5.70 Å². The van der Waals surface area contributed by atoms with E-state index in [-0.39, 0.29) is 11.6 Å². The molecule has 0 atom stereocenters. The van der Waals surface area contributed by atoms with Crippen LogP contribution < -0.4 is 20.1 Å². The van der Waals surface area contributed by atoms with Gasteiger partial charge in [0.25, 0.3) is 11.8 Å². The summed E-state index contributed by atoms with van der Waals surface area (Å²) in [5, 5.41) is 7.59. The largest absolute Gasteiger partial charge is 0.493 e. The van der Waals surface area contributed by atoms with Gasteiger partial charge in [0.2, 0.25) is 0 Å². The van der Waals surface area contributed by atoms with Gasteiger partial charge in [0, 0.05) is 16.6 Å². The fraction of sp³-hybridized carbons (Fsp3) is 0.0714. The Labute approximate surface area is 197 Å². The Bertz CT molecular complexity index is 1360. The number of anilines is 1. The van der Waals surface area contributed by atoms with Crippen LogP contribution >= 0.6 is 0 Å². The highest BCUT2D eigenvalue weighted by molar-refractivity contribution is 6.13. The number of carbonyl (C=O) groups is 2. The van der Waals surface area contributed by atoms with Crippen LogP contribution in [0.15, 0.2) is 96.7 Å². The Kier molecular flexibility index (Phi) is 6.89. The van der Waals surface area contributed by atoms with Gasteiger partial charge in [-0.25, -0.2) is 0 Å². The van der Waals surface area contributed by atoms with Crippen LogP contribution in [0.3, 0.4) is 0 Å². The summed E-state index contributed by atoms with van der Waals surface area (Å²) in [5.74, 6) is 0.241. The lowest BCUT2D eigenvalue weighted by Crippen LogP contribution is -2.30. The molecule has 0 aromatic heterocycles. The Hall–Kier alpha value is -4.58. The van der Waals surface area contributed by atoms with Crippen LogP contribution in [0.4, 0.5) is 5.69 Å². The molecule has 170 valence electrons. The third-order valence-corrected chi connectivity index (χ3v) is 5.29. The van der Waals surface area contributed by atoms with E-state index < -0.39 is 5.91 Å². The van der Waals surface area contributed by atoms with Gasteiger partial charge in [-0.15, -0.1) is 0 Å². The topological polar surface area (TPSA) is 76.7 Å². The van der Waals surface area contributed by atoms with Crippen LogP contribution in [0.5, 0.6) is 11.5 Å². The summed E-state index contributed by atoms with van der Waals surface area (Å²) in [6, 6.07) is 27.4. The summed E-state index contributed by atoms with van der Waals surface area (Å²) in [6.07, 6.45) is 1.60. The van der Waals surface area contributed by atoms with E-state index in [2.05, 4.69) is 10.6 Å². The number of benzene rings is 4. The number of nitrogens with one attached hydrogen (secondary N) is 2. The average Bonchev–Trinajstić information content (AvgIpc) is 2.88. The molecule has 0 aliphatic heterocycles. The monoisotopic (exact) mass is 452 g/mol. The summed E-state index contributed by atoms with van der Waals surface area (Å²) in [5.41, 5.74) is 1.84. The summed E-state index contributed by atoms with van der Waals surface area (Å²) in [7, 11) is 3.09. The van der Waals surface area contributed by atoms with Gasteiger partial charge in [0.05, 0.1) is 14.2 Å². The standard InChI is InChI=1S/C28H24N2O4/c1-33-25-16-15-19(18-26(25)34-2)17-24(30-27(31)21-10-4-3-5-11-21)28(32)29-23-14-8-12-20-9-6-7-13-22(20)23/h3-18H,1-2H3,(H,29,32)(H,30,31). The average molecular weight is 453 g/mol. The molecule has 0 bridgehead atoms. The second kappa shape index (κ2) is 10.4. The Morgan fingerprint density at radius 1 is 0.765 bits per heavy atom. The number of carbonyl (C=O) groups excluding carboxylic acids is 2. The maximum Gasteiger partial charge on any atom is 0.272 e. The number of hydrogen-bond acceptors (Lipinski definition) is 4. The molecule has 0 spiro atoms. The molecule has 4 rings (SSSR count). The first kappa shape index (κ1) is 22.6. The Morgan fingerprint density at radius 2 is 1.47 bits per heavy atom. The van der Waals surface area contributed by atoms with Crippen molar-refractivity contribution in [3.05, 3.63) is 108 Å². The molecule has 4 aromatic rings. The van der Waals surface area contributed by atoms with Crippen molar-refractivity contribution in [2.45, 2.75) is 0 Å². The van der Waals surface area contributed by atoms with E-state index in [9.17, 15) is 9.59 Å². The third kappa shape index (κ3) is 5.07. The van der Waals surface area contributed by atoms with Crippen molar-refractivity contribution in [3.63, 3.8) is 0 Å². The number of hydrogen-bond donors (Lipinski definition) is 2. The van der Waals surface area contributed by atoms with Crippen LogP contribution in [0.1, 0.15) is 15.9 Å². The van der Waals surface area contributed by atoms with Crippen molar-refractivity contribution in [3.8, 4) is 11.5 Å². The van der Waals surface area contributed by atoms with Gasteiger partial charge in [-0.1, -0.05) is 60.7 Å². The molecule has 0 aliphatic rings. The molecule has 0 heterocycles. The minimum Gasteiger partial charge on any atom is -0.493 e. The van der Waals surface area contributed by atoms with Crippen molar-refractivity contribution in [2.24, 2.45) is 0 Å². The zero-order valence-corrected chi connectivity index (χ0v) is 18.9. The van der Waals surface area contributed by atoms with Crippen LogP contribution in [-0.4, -0.2) is 26.0 Å². The predicted molar refractivity (Wildman–Crippen MR) is 134 cm³/mol. The van der Waals surface area contributed by atoms with Crippen LogP contribution in [0.2, 0.25) is 0 Å². The predicted octanol–water partition coefficient (Wildman–Crippen LogP) is 5.27. The van der Waals surface area contributed by atoms with Crippen molar-refractivity contribution in [1.82, 2.24) is 5.32 Å². The highest BCUT2D eigenvalue weighted by Crippen LogP contribution is 2.29. The zero-order chi connectivity index (χ0) is 23.9. The molecule has 0 saturated carbocycles. The highest BCUT2D eigenvalue weighted by Gasteiger charge is 2.16. The highest BCUT2D eigenvalue weighted by atomic mass is 16.5. The van der Waals surface area contributed by atoms with Crippen molar-refractivity contribution in [1.29, 1.82) is 0 Å². The summed E-state index contributed by atoms with van der Waals surface area (Å²) in [4.78, 5) is 26.2. The molecule has 0 fully saturated rings. The molecule has 0 saturated heterocycles. The fourth-order valence-corrected chi connectivity index (χ4v) is 3.58. The number of rotatable bonds is 7. The first-order valence-corrected chi connectivity index (χ1v) is 10.7. The van der Waals surface area contributed by atoms with E-state index in [0.717, 1.165) is 10.8 Å². The molecule has 0 radical (unpaired) electrons. The van der Waals surface area contributed by atoms with Crippen molar-refractivity contribution >= 4 is 34.4 Å². The van der Waals surface area contributed by atoms with Gasteiger partial charge in [-0.05, 0) is 47.4 Å². The second-order valence-electron chi connectivity index (χ2n) is 7.47. The van der Waals surface area contributed by atoms with Gasteiger partial charge >= 0.3 is 0 Å². The van der Waals surface area contributed by atoms with Crippen LogP contribution in [-0.2, 0) is 4.79 Å². The molecule has 34 heavy (non-hydrogen) atoms. The smallest absolute Gasteiger partial charge is 0.272 e. The van der Waals surface area contributed by atoms with Crippen molar-refractivity contribution in [2.75, 3.05) is 19.5 Å². The van der Waals surface area contributed by atoms with E-state index in [1.165, 1.54) is 7.11 Å². The molecule has 6 heteroatoms. The summed E-state index contributed by atoms with van der Waals surface area (Å²) >= 11 is 0. The fourth-order valence-electron chi connectivity index (χ4n) is 3.58. The SMILES string of the molecule is COc1ccc(C=C(NC(=O)c2ccccc2)C(=O)Nc2cccc3ccccc23)cc1OC. The van der Waals surface area contributed by atoms with Crippen LogP contribution in [0.25, 0.3) is 16.8 Å². The molecular weight excluding hydrogens is 428 g/mol. The Balaban J connectivity index is 1.70. The van der Waals surface area contributed by atoms with Gasteiger partial charge in [-0.3, -0.25) is 9.59 Å². The quantitative estimate of drug-likeness (QED) is 0.375. The summed E-state index contributed by atoms with van der Waals surface area (Å²) in [6.45, 7) is 0. The lowest BCUT2D eigenvalue weighted by Gasteiger charge is -2.13. The van der Waals surface area contributed by atoms with Gasteiger partial charge < -0.3 is 20.1 Å². The second-order valence-corrected chi connectivity index (χ2v) is 7.47. The van der Waals surface area contributed by atoms with E-state index in [1.54, 1.807) is 55.7 Å². The summed E-state index contributed by atoms with van der Waals surface area (Å²) < 4.78 is 10.7. The van der Waals surface area contributed by atoms with E-state index in [1.807, 2.05) is 48.5 Å². The molecule has 0 unspecified atom stereocenters. The molecule has 2 amide bonds. The van der Waals surface area contributed by atoms with E-state index in [0.29, 0.717) is 28.3 Å². The number of fused-ring (bicyclic) bond motifs is 1. The van der Waals surface area contributed by atoms with Gasteiger partial charge in [0.15, 0.2) is 11.5 Å².